The summed E-state index contributed by atoms with van der Waals surface area (Å²) in [6.07, 6.45) is 8.33. The topological polar surface area (TPSA) is 77.8 Å². The molecule has 2 heterocycles. The first-order valence-corrected chi connectivity index (χ1v) is 11.8. The second-order valence-electron chi connectivity index (χ2n) is 9.58. The highest BCUT2D eigenvalue weighted by molar-refractivity contribution is 5.74. The molecule has 1 N–H and O–H groups in total. The van der Waals surface area contributed by atoms with Gasteiger partial charge in [-0.05, 0) is 63.0 Å². The minimum atomic E-state index is -4.49. The Morgan fingerprint density at radius 1 is 1.15 bits per heavy atom. The maximum Gasteiger partial charge on any atom is 0.433 e. The minimum absolute atomic E-state index is 0.0537. The summed E-state index contributed by atoms with van der Waals surface area (Å²) in [6.45, 7) is 0. The lowest BCUT2D eigenvalue weighted by Crippen LogP contribution is -2.48. The van der Waals surface area contributed by atoms with Gasteiger partial charge in [0.2, 0.25) is 5.95 Å². The highest BCUT2D eigenvalue weighted by Gasteiger charge is 2.46. The summed E-state index contributed by atoms with van der Waals surface area (Å²) in [5.74, 6) is 3.29. The third-order valence-corrected chi connectivity index (χ3v) is 7.52. The Morgan fingerprint density at radius 3 is 2.76 bits per heavy atom. The van der Waals surface area contributed by atoms with Gasteiger partial charge in [0.05, 0.1) is 12.7 Å². The van der Waals surface area contributed by atoms with E-state index >= 15 is 0 Å². The molecular formula is C24H29F3N6O. The van der Waals surface area contributed by atoms with E-state index in [9.17, 15) is 13.2 Å². The van der Waals surface area contributed by atoms with Crippen molar-refractivity contribution in [2.45, 2.75) is 69.0 Å². The van der Waals surface area contributed by atoms with Gasteiger partial charge in [-0.3, -0.25) is 0 Å². The summed E-state index contributed by atoms with van der Waals surface area (Å²) in [5.41, 5.74) is -0.231. The second-order valence-corrected chi connectivity index (χ2v) is 9.58. The molecule has 2 aromatic heterocycles. The Kier molecular flexibility index (Phi) is 5.85. The van der Waals surface area contributed by atoms with Crippen molar-refractivity contribution in [3.8, 4) is 0 Å². The van der Waals surface area contributed by atoms with Gasteiger partial charge >= 0.3 is 6.18 Å². The summed E-state index contributed by atoms with van der Waals surface area (Å²) in [4.78, 5) is 7.82. The van der Waals surface area contributed by atoms with Crippen LogP contribution in [0.2, 0.25) is 0 Å². The Morgan fingerprint density at radius 2 is 1.97 bits per heavy atom. The van der Waals surface area contributed by atoms with Crippen LogP contribution < -0.4 is 5.32 Å². The Hall–Kier alpha value is -2.91. The molecule has 0 radical (unpaired) electrons. The van der Waals surface area contributed by atoms with Gasteiger partial charge in [0.1, 0.15) is 17.3 Å². The van der Waals surface area contributed by atoms with Crippen LogP contribution in [0.4, 0.5) is 19.1 Å². The van der Waals surface area contributed by atoms with Gasteiger partial charge in [-0.1, -0.05) is 12.5 Å². The van der Waals surface area contributed by atoms with E-state index < -0.39 is 11.9 Å². The lowest BCUT2D eigenvalue weighted by Gasteiger charge is -2.48. The Balaban J connectivity index is 1.36. The zero-order valence-electron chi connectivity index (χ0n) is 19.4. The van der Waals surface area contributed by atoms with E-state index in [1.54, 1.807) is 7.11 Å². The number of hydrogen-bond donors (Lipinski definition) is 1. The van der Waals surface area contributed by atoms with Gasteiger partial charge < -0.3 is 14.6 Å². The average Bonchev–Trinajstić information content (AvgIpc) is 3.19. The molecule has 182 valence electrons. The maximum absolute atomic E-state index is 13.1. The summed E-state index contributed by atoms with van der Waals surface area (Å²) in [6, 6.07) is 0.904. The van der Waals surface area contributed by atoms with E-state index in [0.29, 0.717) is 5.92 Å². The van der Waals surface area contributed by atoms with Crippen LogP contribution in [-0.4, -0.2) is 37.4 Å². The lowest BCUT2D eigenvalue weighted by atomic mass is 9.62. The third-order valence-electron chi connectivity index (χ3n) is 7.52. The van der Waals surface area contributed by atoms with Crippen LogP contribution >= 0.6 is 0 Å². The van der Waals surface area contributed by atoms with Crippen LogP contribution in [0.1, 0.15) is 74.6 Å². The molecule has 7 nitrogen and oxygen atoms in total. The standard InChI is InChI=1S/C24H29F3N6O/c1-33-20(31-32-21(33)17-7-3-4-8-18(17)34-2)16-9-12-23(11-5-6-15(16)14-23)30-22-28-13-10-19(29-22)24(25,26)27/h7-8,10,13,15-16H,3-6,9,11-12,14H2,1-2H3,(H,28,29,30). The molecule has 3 atom stereocenters. The summed E-state index contributed by atoms with van der Waals surface area (Å²) in [7, 11) is 3.68. The molecule has 2 fully saturated rings. The average molecular weight is 475 g/mol. The number of hydrogen-bond acceptors (Lipinski definition) is 6. The summed E-state index contributed by atoms with van der Waals surface area (Å²) >= 11 is 0. The zero-order chi connectivity index (χ0) is 23.9. The predicted molar refractivity (Wildman–Crippen MR) is 121 cm³/mol. The highest BCUT2D eigenvalue weighted by atomic mass is 19.4. The molecule has 3 aliphatic carbocycles. The fraction of sp³-hybridized carbons (Fsp3) is 0.583. The van der Waals surface area contributed by atoms with Gasteiger partial charge in [-0.25, -0.2) is 9.97 Å². The van der Waals surface area contributed by atoms with Crippen molar-refractivity contribution in [3.63, 3.8) is 0 Å². The van der Waals surface area contributed by atoms with Crippen molar-refractivity contribution in [2.75, 3.05) is 12.4 Å². The van der Waals surface area contributed by atoms with E-state index in [1.807, 2.05) is 7.05 Å². The van der Waals surface area contributed by atoms with Gasteiger partial charge in [0.15, 0.2) is 5.82 Å². The largest absolute Gasteiger partial charge is 0.496 e. The first-order valence-electron chi connectivity index (χ1n) is 11.8. The number of fused-ring (bicyclic) bond motifs is 2. The molecule has 5 rings (SSSR count). The van der Waals surface area contributed by atoms with Gasteiger partial charge in [-0.2, -0.15) is 13.2 Å². The second kappa shape index (κ2) is 8.70. The number of halogens is 3. The molecule has 34 heavy (non-hydrogen) atoms. The van der Waals surface area contributed by atoms with Crippen LogP contribution in [0, 0.1) is 5.92 Å². The normalized spacial score (nSPS) is 27.1. The van der Waals surface area contributed by atoms with E-state index in [0.717, 1.165) is 80.4 Å². The predicted octanol–water partition coefficient (Wildman–Crippen LogP) is 5.25. The molecule has 2 saturated carbocycles. The Bertz CT molecular complexity index is 1120. The van der Waals surface area contributed by atoms with E-state index in [-0.39, 0.29) is 17.4 Å². The maximum atomic E-state index is 13.1. The van der Waals surface area contributed by atoms with Crippen molar-refractivity contribution in [1.29, 1.82) is 0 Å². The molecule has 0 spiro atoms. The van der Waals surface area contributed by atoms with E-state index in [4.69, 9.17) is 4.74 Å². The number of alkyl halides is 3. The van der Waals surface area contributed by atoms with E-state index in [2.05, 4.69) is 42.2 Å². The summed E-state index contributed by atoms with van der Waals surface area (Å²) < 4.78 is 47.0. The van der Waals surface area contributed by atoms with Gasteiger partial charge in [0.25, 0.3) is 0 Å². The first kappa shape index (κ1) is 22.9. The number of nitrogens with one attached hydrogen (secondary N) is 1. The van der Waals surface area contributed by atoms with Crippen LogP contribution in [0.15, 0.2) is 30.2 Å². The highest BCUT2D eigenvalue weighted by Crippen LogP contribution is 2.50. The lowest BCUT2D eigenvalue weighted by molar-refractivity contribution is -0.141. The Labute approximate surface area is 196 Å². The number of aromatic nitrogens is 5. The first-order chi connectivity index (χ1) is 16.3. The number of methoxy groups -OCH3 is 1. The van der Waals surface area contributed by atoms with Crippen LogP contribution in [0.25, 0.3) is 5.57 Å². The number of nitrogens with zero attached hydrogens (tertiary/aromatic N) is 5. The van der Waals surface area contributed by atoms with Crippen molar-refractivity contribution in [1.82, 2.24) is 24.7 Å². The molecule has 3 unspecified atom stereocenters. The zero-order valence-corrected chi connectivity index (χ0v) is 19.4. The molecule has 0 aromatic carbocycles. The quantitative estimate of drug-likeness (QED) is 0.638. The number of allylic oxidation sites excluding steroid dienone is 3. The van der Waals surface area contributed by atoms with Crippen LogP contribution in [-0.2, 0) is 18.0 Å². The minimum Gasteiger partial charge on any atom is -0.496 e. The number of anilines is 1. The van der Waals surface area contributed by atoms with Crippen molar-refractivity contribution in [2.24, 2.45) is 13.0 Å². The molecule has 0 amide bonds. The molecule has 2 aromatic rings. The van der Waals surface area contributed by atoms with Gasteiger partial charge in [-0.15, -0.1) is 10.2 Å². The van der Waals surface area contributed by atoms with Crippen molar-refractivity contribution >= 4 is 11.5 Å². The third kappa shape index (κ3) is 4.18. The van der Waals surface area contributed by atoms with Gasteiger partial charge in [0, 0.05) is 24.7 Å². The molecule has 2 bridgehead atoms. The molecule has 0 aliphatic heterocycles. The van der Waals surface area contributed by atoms with Crippen molar-refractivity contribution in [3.05, 3.63) is 47.5 Å². The molecule has 3 aliphatic rings. The number of ether oxygens (including phenoxy) is 1. The van der Waals surface area contributed by atoms with Crippen LogP contribution in [0.5, 0.6) is 0 Å². The SMILES string of the molecule is COC1=CCCC=C1c1nnc(C2CCC3(Nc4nccc(C(F)(F)F)n4)CCCC2C3)n1C. The van der Waals surface area contributed by atoms with E-state index in [1.165, 1.54) is 6.20 Å². The summed E-state index contributed by atoms with van der Waals surface area (Å²) in [5, 5.41) is 12.4. The molecule has 10 heteroatoms. The molecular weight excluding hydrogens is 445 g/mol. The van der Waals surface area contributed by atoms with Crippen molar-refractivity contribution < 1.29 is 17.9 Å². The molecule has 0 saturated heterocycles. The smallest absolute Gasteiger partial charge is 0.433 e. The van der Waals surface area contributed by atoms with Crippen LogP contribution in [0.3, 0.4) is 0 Å². The fourth-order valence-corrected chi connectivity index (χ4v) is 5.92. The fourth-order valence-electron chi connectivity index (χ4n) is 5.92. The monoisotopic (exact) mass is 474 g/mol. The number of rotatable bonds is 5.